The van der Waals surface area contributed by atoms with Crippen LogP contribution in [-0.2, 0) is 11.3 Å². The van der Waals surface area contributed by atoms with Gasteiger partial charge in [0.15, 0.2) is 0 Å². The zero-order valence-corrected chi connectivity index (χ0v) is 11.0. The summed E-state index contributed by atoms with van der Waals surface area (Å²) in [6, 6.07) is -0.533. The second-order valence-electron chi connectivity index (χ2n) is 4.57. The van der Waals surface area contributed by atoms with Crippen molar-refractivity contribution in [3.63, 3.8) is 0 Å². The van der Waals surface area contributed by atoms with Crippen molar-refractivity contribution in [2.24, 2.45) is 5.92 Å². The maximum absolute atomic E-state index is 11.1. The minimum Gasteiger partial charge on any atom is -0.480 e. The maximum atomic E-state index is 11.1. The van der Waals surface area contributed by atoms with Crippen LogP contribution >= 0.6 is 0 Å². The molecule has 0 spiro atoms. The molecule has 0 aliphatic heterocycles. The van der Waals surface area contributed by atoms with Crippen molar-refractivity contribution in [3.8, 4) is 0 Å². The summed E-state index contributed by atoms with van der Waals surface area (Å²) in [5.74, 6) is 0.0636. The largest absolute Gasteiger partial charge is 0.480 e. The van der Waals surface area contributed by atoms with E-state index in [1.54, 1.807) is 19.4 Å². The van der Waals surface area contributed by atoms with Gasteiger partial charge in [0.25, 0.3) is 0 Å². The number of aliphatic carboxylic acids is 1. The Hall–Kier alpha value is -1.69. The Morgan fingerprint density at radius 2 is 2.00 bits per heavy atom. The molecule has 6 nitrogen and oxygen atoms in total. The summed E-state index contributed by atoms with van der Waals surface area (Å²) in [5.41, 5.74) is 0.865. The van der Waals surface area contributed by atoms with E-state index in [2.05, 4.69) is 20.6 Å². The van der Waals surface area contributed by atoms with Crippen LogP contribution in [0.25, 0.3) is 0 Å². The van der Waals surface area contributed by atoms with Gasteiger partial charge in [0.05, 0.1) is 0 Å². The number of nitrogens with one attached hydrogen (secondary N) is 2. The average molecular weight is 252 g/mol. The first-order valence-corrected chi connectivity index (χ1v) is 5.97. The summed E-state index contributed by atoms with van der Waals surface area (Å²) in [6.45, 7) is 4.46. The molecule has 0 saturated carbocycles. The topological polar surface area (TPSA) is 87.1 Å². The van der Waals surface area contributed by atoms with Crippen LogP contribution in [0.5, 0.6) is 0 Å². The van der Waals surface area contributed by atoms with E-state index < -0.39 is 12.0 Å². The minimum absolute atomic E-state index is 0.335. The minimum atomic E-state index is -0.823. The Morgan fingerprint density at radius 1 is 1.39 bits per heavy atom. The summed E-state index contributed by atoms with van der Waals surface area (Å²) in [5, 5.41) is 14.9. The van der Waals surface area contributed by atoms with Crippen molar-refractivity contribution in [1.82, 2.24) is 15.3 Å². The lowest BCUT2D eigenvalue weighted by atomic mass is 10.0. The number of nitrogens with zero attached hydrogens (tertiary/aromatic N) is 2. The zero-order valence-electron chi connectivity index (χ0n) is 11.0. The van der Waals surface area contributed by atoms with E-state index in [9.17, 15) is 4.79 Å². The van der Waals surface area contributed by atoms with E-state index in [0.29, 0.717) is 24.8 Å². The molecule has 0 aromatic carbocycles. The zero-order chi connectivity index (χ0) is 13.5. The van der Waals surface area contributed by atoms with Gasteiger partial charge in [0.1, 0.15) is 6.04 Å². The first-order valence-electron chi connectivity index (χ1n) is 5.97. The molecule has 0 saturated heterocycles. The smallest absolute Gasteiger partial charge is 0.320 e. The predicted octanol–water partition coefficient (Wildman–Crippen LogP) is 1.11. The second kappa shape index (κ2) is 6.90. The molecule has 6 heteroatoms. The molecule has 0 bridgehead atoms. The fourth-order valence-corrected chi connectivity index (χ4v) is 1.56. The summed E-state index contributed by atoms with van der Waals surface area (Å²) < 4.78 is 0. The molecule has 1 rings (SSSR count). The number of aromatic nitrogens is 2. The standard InChI is InChI=1S/C12H20N4O2/c1-8(2)4-10(11(17)18)14-5-9-6-15-12(13-3)16-7-9/h6-8,10,14H,4-5H2,1-3H3,(H,17,18)(H,13,15,16). The van der Waals surface area contributed by atoms with Gasteiger partial charge in [-0.3, -0.25) is 4.79 Å². The lowest BCUT2D eigenvalue weighted by molar-refractivity contribution is -0.140. The summed E-state index contributed by atoms with van der Waals surface area (Å²) in [4.78, 5) is 19.2. The van der Waals surface area contributed by atoms with E-state index in [-0.39, 0.29) is 0 Å². The fraction of sp³-hybridized carbons (Fsp3) is 0.583. The highest BCUT2D eigenvalue weighted by Crippen LogP contribution is 2.06. The molecule has 3 N–H and O–H groups in total. The third-order valence-electron chi connectivity index (χ3n) is 2.49. The molecule has 0 fully saturated rings. The van der Waals surface area contributed by atoms with Crippen LogP contribution in [0.4, 0.5) is 5.95 Å². The number of hydrogen-bond donors (Lipinski definition) is 3. The van der Waals surface area contributed by atoms with Gasteiger partial charge >= 0.3 is 5.97 Å². The van der Waals surface area contributed by atoms with E-state index in [1.807, 2.05) is 13.8 Å². The Labute approximate surface area is 107 Å². The van der Waals surface area contributed by atoms with Crippen molar-refractivity contribution < 1.29 is 9.90 Å². The third-order valence-corrected chi connectivity index (χ3v) is 2.49. The quantitative estimate of drug-likeness (QED) is 0.674. The Morgan fingerprint density at radius 3 is 2.44 bits per heavy atom. The van der Waals surface area contributed by atoms with E-state index in [0.717, 1.165) is 5.56 Å². The van der Waals surface area contributed by atoms with Crippen molar-refractivity contribution in [2.75, 3.05) is 12.4 Å². The number of anilines is 1. The first-order chi connectivity index (χ1) is 8.52. The van der Waals surface area contributed by atoms with E-state index in [1.165, 1.54) is 0 Å². The third kappa shape index (κ3) is 4.67. The van der Waals surface area contributed by atoms with Gasteiger partial charge in [0.2, 0.25) is 5.95 Å². The highest BCUT2D eigenvalue weighted by atomic mass is 16.4. The number of carboxylic acid groups (broad SMARTS) is 1. The van der Waals surface area contributed by atoms with Crippen LogP contribution in [0.2, 0.25) is 0 Å². The van der Waals surface area contributed by atoms with Crippen LogP contribution in [0, 0.1) is 5.92 Å². The molecule has 0 aliphatic rings. The number of hydrogen-bond acceptors (Lipinski definition) is 5. The van der Waals surface area contributed by atoms with Crippen LogP contribution in [0.1, 0.15) is 25.8 Å². The van der Waals surface area contributed by atoms with E-state index in [4.69, 9.17) is 5.11 Å². The molecular formula is C12H20N4O2. The van der Waals surface area contributed by atoms with Gasteiger partial charge in [-0.2, -0.15) is 0 Å². The number of rotatable bonds is 7. The Balaban J connectivity index is 2.52. The van der Waals surface area contributed by atoms with Gasteiger partial charge < -0.3 is 15.7 Å². The summed E-state index contributed by atoms with van der Waals surface area (Å²) in [6.07, 6.45) is 3.96. The summed E-state index contributed by atoms with van der Waals surface area (Å²) in [7, 11) is 1.75. The molecule has 18 heavy (non-hydrogen) atoms. The van der Waals surface area contributed by atoms with Crippen LogP contribution in [0.15, 0.2) is 12.4 Å². The monoisotopic (exact) mass is 252 g/mol. The van der Waals surface area contributed by atoms with Gasteiger partial charge in [-0.25, -0.2) is 9.97 Å². The Kier molecular flexibility index (Phi) is 5.51. The fourth-order valence-electron chi connectivity index (χ4n) is 1.56. The van der Waals surface area contributed by atoms with Crippen LogP contribution in [0.3, 0.4) is 0 Å². The van der Waals surface area contributed by atoms with Gasteiger partial charge in [-0.15, -0.1) is 0 Å². The lowest BCUT2D eigenvalue weighted by Crippen LogP contribution is -2.37. The number of carbonyl (C=O) groups is 1. The molecular weight excluding hydrogens is 232 g/mol. The molecule has 0 amide bonds. The molecule has 0 radical (unpaired) electrons. The normalized spacial score (nSPS) is 12.4. The Bertz CT molecular complexity index is 378. The molecule has 100 valence electrons. The number of carboxylic acids is 1. The average Bonchev–Trinajstić information content (AvgIpc) is 2.34. The SMILES string of the molecule is CNc1ncc(CNC(CC(C)C)C(=O)O)cn1. The lowest BCUT2D eigenvalue weighted by Gasteiger charge is -2.16. The highest BCUT2D eigenvalue weighted by molar-refractivity contribution is 5.73. The molecule has 0 aliphatic carbocycles. The van der Waals surface area contributed by atoms with Crippen molar-refractivity contribution >= 4 is 11.9 Å². The molecule has 1 heterocycles. The molecule has 1 atom stereocenters. The first kappa shape index (κ1) is 14.4. The van der Waals surface area contributed by atoms with Crippen molar-refractivity contribution in [1.29, 1.82) is 0 Å². The van der Waals surface area contributed by atoms with Gasteiger partial charge in [0, 0.05) is 31.5 Å². The predicted molar refractivity (Wildman–Crippen MR) is 69.3 cm³/mol. The molecule has 1 aromatic rings. The van der Waals surface area contributed by atoms with Crippen molar-refractivity contribution in [2.45, 2.75) is 32.9 Å². The maximum Gasteiger partial charge on any atom is 0.320 e. The molecule has 1 unspecified atom stereocenters. The van der Waals surface area contributed by atoms with Gasteiger partial charge in [-0.05, 0) is 12.3 Å². The summed E-state index contributed by atoms with van der Waals surface area (Å²) >= 11 is 0. The van der Waals surface area contributed by atoms with Gasteiger partial charge in [-0.1, -0.05) is 13.8 Å². The van der Waals surface area contributed by atoms with Crippen LogP contribution < -0.4 is 10.6 Å². The van der Waals surface area contributed by atoms with E-state index >= 15 is 0 Å². The van der Waals surface area contributed by atoms with Crippen molar-refractivity contribution in [3.05, 3.63) is 18.0 Å². The van der Waals surface area contributed by atoms with Crippen LogP contribution in [-0.4, -0.2) is 34.1 Å². The molecule has 1 aromatic heterocycles. The highest BCUT2D eigenvalue weighted by Gasteiger charge is 2.17. The second-order valence-corrected chi connectivity index (χ2v) is 4.57.